The van der Waals surface area contributed by atoms with Gasteiger partial charge in [-0.3, -0.25) is 5.41 Å². The van der Waals surface area contributed by atoms with Crippen LogP contribution in [-0.2, 0) is 9.84 Å². The second-order valence-electron chi connectivity index (χ2n) is 4.63. The number of guanidine groups is 1. The van der Waals surface area contributed by atoms with Crippen LogP contribution in [0, 0.1) is 5.41 Å². The molecule has 6 heteroatoms. The Bertz CT molecular complexity index is 755. The summed E-state index contributed by atoms with van der Waals surface area (Å²) in [6.07, 6.45) is 7.99. The van der Waals surface area contributed by atoms with Crippen molar-refractivity contribution in [2.24, 2.45) is 10.7 Å². The summed E-state index contributed by atoms with van der Waals surface area (Å²) in [6, 6.07) is 6.68. The van der Waals surface area contributed by atoms with E-state index < -0.39 is 9.84 Å². The van der Waals surface area contributed by atoms with Crippen LogP contribution >= 0.6 is 0 Å². The molecule has 1 rings (SSSR count). The van der Waals surface area contributed by atoms with Crippen molar-refractivity contribution in [3.63, 3.8) is 0 Å². The molecule has 116 valence electrons. The number of rotatable bonds is 5. The fourth-order valence-corrected chi connectivity index (χ4v) is 2.27. The zero-order valence-electron chi connectivity index (χ0n) is 12.6. The maximum absolute atomic E-state index is 11.4. The molecular weight excluding hydrogens is 298 g/mol. The average molecular weight is 317 g/mol. The van der Waals surface area contributed by atoms with Crippen molar-refractivity contribution in [3.8, 4) is 0 Å². The SMILES string of the molecule is C=CC(/C=C\C=C(/C)c1ccc(S(C)(=O)=O)cc1)=NC(=N)N. The van der Waals surface area contributed by atoms with E-state index >= 15 is 0 Å². The van der Waals surface area contributed by atoms with Gasteiger partial charge < -0.3 is 5.73 Å². The van der Waals surface area contributed by atoms with Crippen molar-refractivity contribution < 1.29 is 8.42 Å². The molecule has 0 heterocycles. The second-order valence-corrected chi connectivity index (χ2v) is 6.65. The van der Waals surface area contributed by atoms with E-state index in [4.69, 9.17) is 11.1 Å². The summed E-state index contributed by atoms with van der Waals surface area (Å²) in [4.78, 5) is 4.07. The maximum Gasteiger partial charge on any atom is 0.212 e. The molecule has 0 aliphatic rings. The van der Waals surface area contributed by atoms with Gasteiger partial charge in [0, 0.05) is 6.26 Å². The maximum atomic E-state index is 11.4. The van der Waals surface area contributed by atoms with Crippen molar-refractivity contribution in [2.75, 3.05) is 6.26 Å². The van der Waals surface area contributed by atoms with Gasteiger partial charge in [-0.05, 0) is 42.3 Å². The Hall–Kier alpha value is -2.47. The minimum atomic E-state index is -3.18. The number of nitrogens with zero attached hydrogens (tertiary/aromatic N) is 1. The van der Waals surface area contributed by atoms with Crippen LogP contribution in [0.3, 0.4) is 0 Å². The average Bonchev–Trinajstić information content (AvgIpc) is 2.44. The lowest BCUT2D eigenvalue weighted by Gasteiger charge is -2.02. The van der Waals surface area contributed by atoms with Crippen LogP contribution in [0.4, 0.5) is 0 Å². The van der Waals surface area contributed by atoms with E-state index in [0.29, 0.717) is 10.6 Å². The van der Waals surface area contributed by atoms with Gasteiger partial charge in [-0.25, -0.2) is 13.4 Å². The summed E-state index contributed by atoms with van der Waals surface area (Å²) in [6.45, 7) is 5.50. The zero-order chi connectivity index (χ0) is 16.8. The van der Waals surface area contributed by atoms with Gasteiger partial charge in [-0.15, -0.1) is 0 Å². The van der Waals surface area contributed by atoms with Crippen LogP contribution in [-0.4, -0.2) is 26.3 Å². The molecular formula is C16H19N3O2S. The molecule has 0 atom stereocenters. The number of nitrogens with two attached hydrogens (primary N) is 1. The molecule has 0 amide bonds. The first-order valence-corrected chi connectivity index (χ1v) is 8.34. The van der Waals surface area contributed by atoms with Gasteiger partial charge >= 0.3 is 0 Å². The molecule has 0 radical (unpaired) electrons. The molecule has 3 N–H and O–H groups in total. The van der Waals surface area contributed by atoms with Gasteiger partial charge in [0.25, 0.3) is 0 Å². The molecule has 0 spiro atoms. The van der Waals surface area contributed by atoms with E-state index in [1.807, 2.05) is 13.0 Å². The Kier molecular flexibility index (Phi) is 6.00. The largest absolute Gasteiger partial charge is 0.368 e. The second kappa shape index (κ2) is 7.51. The fourth-order valence-electron chi connectivity index (χ4n) is 1.64. The highest BCUT2D eigenvalue weighted by Gasteiger charge is 2.06. The van der Waals surface area contributed by atoms with Crippen LogP contribution in [0.15, 0.2) is 65.0 Å². The number of hydrogen-bond donors (Lipinski definition) is 2. The summed E-state index contributed by atoms with van der Waals surface area (Å²) in [5.74, 6) is -0.281. The molecule has 0 saturated heterocycles. The molecule has 0 saturated carbocycles. The number of nitrogens with one attached hydrogen (secondary N) is 1. The lowest BCUT2D eigenvalue weighted by molar-refractivity contribution is 0.602. The van der Waals surface area contributed by atoms with Crippen LogP contribution < -0.4 is 5.73 Å². The van der Waals surface area contributed by atoms with Crippen LogP contribution in [0.5, 0.6) is 0 Å². The highest BCUT2D eigenvalue weighted by atomic mass is 32.2. The fraction of sp³-hybridized carbons (Fsp3) is 0.125. The normalized spacial score (nSPS) is 13.4. The first kappa shape index (κ1) is 17.6. The lowest BCUT2D eigenvalue weighted by Crippen LogP contribution is -2.07. The van der Waals surface area contributed by atoms with Crippen molar-refractivity contribution in [1.82, 2.24) is 0 Å². The Labute approximate surface area is 131 Å². The highest BCUT2D eigenvalue weighted by molar-refractivity contribution is 7.90. The first-order chi connectivity index (χ1) is 10.2. The van der Waals surface area contributed by atoms with Crippen LogP contribution in [0.2, 0.25) is 0 Å². The van der Waals surface area contributed by atoms with Gasteiger partial charge in [0.05, 0.1) is 10.6 Å². The van der Waals surface area contributed by atoms with Gasteiger partial charge in [0.2, 0.25) is 5.96 Å². The predicted molar refractivity (Wildman–Crippen MR) is 91.9 cm³/mol. The molecule has 0 aliphatic carbocycles. The van der Waals surface area contributed by atoms with Crippen molar-refractivity contribution in [1.29, 1.82) is 5.41 Å². The smallest absolute Gasteiger partial charge is 0.212 e. The van der Waals surface area contributed by atoms with E-state index in [1.54, 1.807) is 36.4 Å². The van der Waals surface area contributed by atoms with Crippen LogP contribution in [0.25, 0.3) is 5.57 Å². The molecule has 0 aromatic heterocycles. The molecule has 22 heavy (non-hydrogen) atoms. The Morgan fingerprint density at radius 3 is 2.36 bits per heavy atom. The van der Waals surface area contributed by atoms with E-state index in [1.165, 1.54) is 12.3 Å². The van der Waals surface area contributed by atoms with Gasteiger partial charge in [-0.2, -0.15) is 0 Å². The Morgan fingerprint density at radius 2 is 1.91 bits per heavy atom. The van der Waals surface area contributed by atoms with Gasteiger partial charge in [0.1, 0.15) is 0 Å². The van der Waals surface area contributed by atoms with Crippen molar-refractivity contribution in [3.05, 3.63) is 60.7 Å². The number of hydrogen-bond acceptors (Lipinski definition) is 3. The molecule has 0 bridgehead atoms. The summed E-state index contributed by atoms with van der Waals surface area (Å²) >= 11 is 0. The number of sulfone groups is 1. The minimum Gasteiger partial charge on any atom is -0.368 e. The monoisotopic (exact) mass is 317 g/mol. The number of allylic oxidation sites excluding steroid dienone is 5. The molecule has 5 nitrogen and oxygen atoms in total. The van der Waals surface area contributed by atoms with Gasteiger partial charge in [-0.1, -0.05) is 30.9 Å². The van der Waals surface area contributed by atoms with Crippen LogP contribution in [0.1, 0.15) is 12.5 Å². The molecule has 0 aliphatic heterocycles. The first-order valence-electron chi connectivity index (χ1n) is 6.44. The standard InChI is InChI=1S/C16H19N3O2S/c1-4-14(19-16(17)18)7-5-6-12(2)13-8-10-15(11-9-13)22(3,20)21/h4-11H,1H2,2-3H3,(H3,17,18)/b7-5-,12-6+,19-14?. The van der Waals surface area contributed by atoms with Crippen molar-refractivity contribution >= 4 is 27.1 Å². The summed E-state index contributed by atoms with van der Waals surface area (Å²) < 4.78 is 22.8. The Balaban J connectivity index is 2.94. The van der Waals surface area contributed by atoms with E-state index in [9.17, 15) is 8.42 Å². The minimum absolute atomic E-state index is 0.281. The van der Waals surface area contributed by atoms with Gasteiger partial charge in [0.15, 0.2) is 9.84 Å². The number of aliphatic imine (C=N–C) groups is 1. The summed E-state index contributed by atoms with van der Waals surface area (Å²) in [7, 11) is -3.18. The highest BCUT2D eigenvalue weighted by Crippen LogP contribution is 2.17. The summed E-state index contributed by atoms with van der Waals surface area (Å²) in [5.41, 5.74) is 7.56. The topological polar surface area (TPSA) is 96.4 Å². The zero-order valence-corrected chi connectivity index (χ0v) is 13.4. The quantitative estimate of drug-likeness (QED) is 0.496. The molecule has 1 aromatic rings. The van der Waals surface area contributed by atoms with E-state index in [-0.39, 0.29) is 5.96 Å². The van der Waals surface area contributed by atoms with E-state index in [2.05, 4.69) is 11.6 Å². The molecule has 0 unspecified atom stereocenters. The summed E-state index contributed by atoms with van der Waals surface area (Å²) in [5, 5.41) is 7.10. The molecule has 1 aromatic carbocycles. The third-order valence-corrected chi connectivity index (χ3v) is 3.94. The van der Waals surface area contributed by atoms with E-state index in [0.717, 1.165) is 11.1 Å². The third-order valence-electron chi connectivity index (χ3n) is 2.81. The molecule has 0 fully saturated rings. The number of benzene rings is 1. The lowest BCUT2D eigenvalue weighted by atomic mass is 10.1. The van der Waals surface area contributed by atoms with Crippen molar-refractivity contribution in [2.45, 2.75) is 11.8 Å². The predicted octanol–water partition coefficient (Wildman–Crippen LogP) is 2.57. The third kappa shape index (κ3) is 5.49. The Morgan fingerprint density at radius 1 is 1.32 bits per heavy atom.